The average molecular weight is 271 g/mol. The zero-order valence-corrected chi connectivity index (χ0v) is 12.3. The number of hydrogen-bond acceptors (Lipinski definition) is 2. The molecule has 1 aliphatic heterocycles. The predicted molar refractivity (Wildman–Crippen MR) is 80.7 cm³/mol. The maximum absolute atomic E-state index is 11.9. The summed E-state index contributed by atoms with van der Waals surface area (Å²) in [6.45, 7) is 9.12. The number of benzene rings is 1. The number of likely N-dealkylation sites (N-methyl/N-ethyl adjacent to an activating group) is 1. The number of carbonyl (C=O) groups excluding carboxylic acids is 1. The molecule has 0 amide bonds. The van der Waals surface area contributed by atoms with Gasteiger partial charge in [-0.15, -0.1) is 0 Å². The van der Waals surface area contributed by atoms with Crippen LogP contribution < -0.4 is 0 Å². The van der Waals surface area contributed by atoms with Crippen LogP contribution in [0.4, 0.5) is 0 Å². The summed E-state index contributed by atoms with van der Waals surface area (Å²) in [5.41, 5.74) is 2.75. The lowest BCUT2D eigenvalue weighted by Crippen LogP contribution is -2.29. The number of carbonyl (C=O) groups is 1. The molecule has 4 nitrogen and oxygen atoms in total. The third kappa shape index (κ3) is 2.74. The molecule has 1 fully saturated rings. The van der Waals surface area contributed by atoms with Gasteiger partial charge in [-0.05, 0) is 5.56 Å². The van der Waals surface area contributed by atoms with Gasteiger partial charge in [-0.1, -0.05) is 44.7 Å². The summed E-state index contributed by atoms with van der Waals surface area (Å²) in [4.78, 5) is 15.6. The van der Waals surface area contributed by atoms with Crippen LogP contribution in [-0.2, 0) is 6.54 Å². The Labute approximate surface area is 120 Å². The van der Waals surface area contributed by atoms with E-state index in [0.29, 0.717) is 19.0 Å². The number of rotatable bonds is 4. The van der Waals surface area contributed by atoms with E-state index in [0.717, 1.165) is 16.8 Å². The van der Waals surface area contributed by atoms with Gasteiger partial charge in [0.05, 0.1) is 13.1 Å². The fourth-order valence-electron chi connectivity index (χ4n) is 2.27. The first kappa shape index (κ1) is 14.3. The molecule has 20 heavy (non-hydrogen) atoms. The number of nitrogens with one attached hydrogen (secondary N) is 1. The number of Topliss-reactive ketones (excluding diaryl/α,β-unsaturated/α-hetero) is 1. The molecule has 1 heterocycles. The van der Waals surface area contributed by atoms with Crippen molar-refractivity contribution in [1.82, 2.24) is 9.80 Å². The van der Waals surface area contributed by atoms with Crippen molar-refractivity contribution < 1.29 is 4.79 Å². The van der Waals surface area contributed by atoms with E-state index in [2.05, 4.69) is 6.58 Å². The van der Waals surface area contributed by atoms with Crippen molar-refractivity contribution in [1.29, 1.82) is 5.41 Å². The van der Waals surface area contributed by atoms with Gasteiger partial charge in [0.15, 0.2) is 11.7 Å². The Morgan fingerprint density at radius 2 is 1.95 bits per heavy atom. The molecular formula is C16H21N3O. The first-order chi connectivity index (χ1) is 9.40. The maximum atomic E-state index is 11.9. The first-order valence-electron chi connectivity index (χ1n) is 6.78. The molecule has 1 N–H and O–H groups in total. The third-order valence-electron chi connectivity index (χ3n) is 3.52. The second kappa shape index (κ2) is 5.49. The SMILES string of the molecule is C=C1CN(C)C(=N)N1Cc1ccc(C(=O)C(C)C)cc1. The molecule has 1 aliphatic rings. The number of ketones is 1. The first-order valence-corrected chi connectivity index (χ1v) is 6.78. The molecule has 0 unspecified atom stereocenters. The molecule has 4 heteroatoms. The summed E-state index contributed by atoms with van der Waals surface area (Å²) in [7, 11) is 1.89. The van der Waals surface area contributed by atoms with Crippen LogP contribution in [0.1, 0.15) is 29.8 Å². The van der Waals surface area contributed by atoms with Crippen molar-refractivity contribution in [2.75, 3.05) is 13.6 Å². The number of hydrogen-bond donors (Lipinski definition) is 1. The molecule has 0 atom stereocenters. The summed E-state index contributed by atoms with van der Waals surface area (Å²) in [6, 6.07) is 7.64. The highest BCUT2D eigenvalue weighted by atomic mass is 16.1. The van der Waals surface area contributed by atoms with E-state index in [9.17, 15) is 4.79 Å². The van der Waals surface area contributed by atoms with Crippen LogP contribution in [0.15, 0.2) is 36.5 Å². The minimum absolute atomic E-state index is 0.0148. The highest BCUT2D eigenvalue weighted by Gasteiger charge is 2.25. The van der Waals surface area contributed by atoms with Gasteiger partial charge < -0.3 is 9.80 Å². The molecule has 106 valence electrons. The average Bonchev–Trinajstić information content (AvgIpc) is 2.65. The maximum Gasteiger partial charge on any atom is 0.198 e. The molecule has 0 spiro atoms. The normalized spacial score (nSPS) is 15.4. The molecule has 0 aliphatic carbocycles. The second-order valence-corrected chi connectivity index (χ2v) is 5.55. The van der Waals surface area contributed by atoms with E-state index in [1.807, 2.05) is 55.0 Å². The zero-order chi connectivity index (χ0) is 14.9. The quantitative estimate of drug-likeness (QED) is 0.857. The third-order valence-corrected chi connectivity index (χ3v) is 3.52. The Morgan fingerprint density at radius 1 is 1.35 bits per heavy atom. The molecule has 2 rings (SSSR count). The molecule has 1 aromatic carbocycles. The Hall–Kier alpha value is -2.10. The van der Waals surface area contributed by atoms with E-state index >= 15 is 0 Å². The van der Waals surface area contributed by atoms with E-state index in [1.165, 1.54) is 0 Å². The molecule has 1 saturated heterocycles. The smallest absolute Gasteiger partial charge is 0.198 e. The largest absolute Gasteiger partial charge is 0.340 e. The summed E-state index contributed by atoms with van der Waals surface area (Å²) in [5.74, 6) is 0.646. The van der Waals surface area contributed by atoms with Crippen LogP contribution in [0.2, 0.25) is 0 Å². The fraction of sp³-hybridized carbons (Fsp3) is 0.375. The van der Waals surface area contributed by atoms with Crippen LogP contribution in [0.3, 0.4) is 0 Å². The van der Waals surface area contributed by atoms with Crippen LogP contribution in [0, 0.1) is 11.3 Å². The molecule has 0 aromatic heterocycles. The number of guanidine groups is 1. The van der Waals surface area contributed by atoms with Crippen LogP contribution >= 0.6 is 0 Å². The van der Waals surface area contributed by atoms with Crippen LogP contribution in [0.25, 0.3) is 0 Å². The Bertz CT molecular complexity index is 545. The van der Waals surface area contributed by atoms with Gasteiger partial charge in [0.2, 0.25) is 0 Å². The molecule has 0 bridgehead atoms. The van der Waals surface area contributed by atoms with Gasteiger partial charge in [0, 0.05) is 24.2 Å². The standard InChI is InChI=1S/C16H21N3O/c1-11(2)15(20)14-7-5-13(6-8-14)10-19-12(3)9-18(4)16(19)17/h5-8,11,17H,3,9-10H2,1-2,4H3. The van der Waals surface area contributed by atoms with Crippen molar-refractivity contribution in [2.24, 2.45) is 5.92 Å². The van der Waals surface area contributed by atoms with Crippen LogP contribution in [-0.4, -0.2) is 35.1 Å². The molecular weight excluding hydrogens is 250 g/mol. The summed E-state index contributed by atoms with van der Waals surface area (Å²) in [5, 5.41) is 8.00. The highest BCUT2D eigenvalue weighted by molar-refractivity contribution is 5.97. The van der Waals surface area contributed by atoms with E-state index in [-0.39, 0.29) is 11.7 Å². The minimum Gasteiger partial charge on any atom is -0.340 e. The summed E-state index contributed by atoms with van der Waals surface area (Å²) < 4.78 is 0. The topological polar surface area (TPSA) is 47.4 Å². The van der Waals surface area contributed by atoms with Gasteiger partial charge in [0.1, 0.15) is 0 Å². The molecule has 1 aromatic rings. The van der Waals surface area contributed by atoms with Crippen molar-refractivity contribution in [3.05, 3.63) is 47.7 Å². The fourth-order valence-corrected chi connectivity index (χ4v) is 2.27. The predicted octanol–water partition coefficient (Wildman–Crippen LogP) is 2.72. The Morgan fingerprint density at radius 3 is 2.40 bits per heavy atom. The van der Waals surface area contributed by atoms with Gasteiger partial charge in [-0.2, -0.15) is 0 Å². The Kier molecular flexibility index (Phi) is 3.93. The van der Waals surface area contributed by atoms with E-state index < -0.39 is 0 Å². The minimum atomic E-state index is 0.0148. The van der Waals surface area contributed by atoms with Crippen molar-refractivity contribution in [3.63, 3.8) is 0 Å². The number of nitrogens with zero attached hydrogens (tertiary/aromatic N) is 2. The molecule has 0 saturated carbocycles. The monoisotopic (exact) mass is 271 g/mol. The summed E-state index contributed by atoms with van der Waals surface area (Å²) >= 11 is 0. The van der Waals surface area contributed by atoms with Crippen molar-refractivity contribution in [2.45, 2.75) is 20.4 Å². The zero-order valence-electron chi connectivity index (χ0n) is 12.3. The lowest BCUT2D eigenvalue weighted by Gasteiger charge is -2.19. The highest BCUT2D eigenvalue weighted by Crippen LogP contribution is 2.19. The van der Waals surface area contributed by atoms with Crippen LogP contribution in [0.5, 0.6) is 0 Å². The lowest BCUT2D eigenvalue weighted by atomic mass is 10.00. The van der Waals surface area contributed by atoms with E-state index in [4.69, 9.17) is 5.41 Å². The van der Waals surface area contributed by atoms with Crippen molar-refractivity contribution in [3.8, 4) is 0 Å². The lowest BCUT2D eigenvalue weighted by molar-refractivity contribution is 0.0939. The second-order valence-electron chi connectivity index (χ2n) is 5.55. The Balaban J connectivity index is 2.10. The van der Waals surface area contributed by atoms with Gasteiger partial charge in [0.25, 0.3) is 0 Å². The van der Waals surface area contributed by atoms with E-state index in [1.54, 1.807) is 0 Å². The summed E-state index contributed by atoms with van der Waals surface area (Å²) in [6.07, 6.45) is 0. The van der Waals surface area contributed by atoms with Gasteiger partial charge >= 0.3 is 0 Å². The molecule has 0 radical (unpaired) electrons. The van der Waals surface area contributed by atoms with Gasteiger partial charge in [-0.3, -0.25) is 10.2 Å². The van der Waals surface area contributed by atoms with Gasteiger partial charge in [-0.25, -0.2) is 0 Å². The van der Waals surface area contributed by atoms with Crippen molar-refractivity contribution >= 4 is 11.7 Å².